The Hall–Kier alpha value is -0.740. The molecule has 1 N–H and O–H groups in total. The number of aromatic nitrogens is 1. The van der Waals surface area contributed by atoms with Gasteiger partial charge in [0.25, 0.3) is 0 Å². The van der Waals surface area contributed by atoms with E-state index in [1.165, 1.54) is 12.0 Å². The van der Waals surface area contributed by atoms with Crippen LogP contribution in [0.15, 0.2) is 12.1 Å². The SMILES string of the molecule is CCCNCc1cc(C)nc(N(C)C(C)CSC)c1. The van der Waals surface area contributed by atoms with Crippen LogP contribution in [0, 0.1) is 6.92 Å². The average molecular weight is 281 g/mol. The number of pyridine rings is 1. The third-order valence-electron chi connectivity index (χ3n) is 3.19. The van der Waals surface area contributed by atoms with Crippen LogP contribution >= 0.6 is 11.8 Å². The molecule has 4 heteroatoms. The Morgan fingerprint density at radius 1 is 1.42 bits per heavy atom. The van der Waals surface area contributed by atoms with E-state index in [9.17, 15) is 0 Å². The fourth-order valence-electron chi connectivity index (χ4n) is 1.99. The monoisotopic (exact) mass is 281 g/mol. The van der Waals surface area contributed by atoms with Gasteiger partial charge in [0, 0.05) is 31.1 Å². The van der Waals surface area contributed by atoms with Gasteiger partial charge in [0.15, 0.2) is 0 Å². The Morgan fingerprint density at radius 3 is 2.79 bits per heavy atom. The molecule has 0 aromatic carbocycles. The Kier molecular flexibility index (Phi) is 7.24. The molecule has 0 radical (unpaired) electrons. The van der Waals surface area contributed by atoms with Gasteiger partial charge in [-0.3, -0.25) is 0 Å². The largest absolute Gasteiger partial charge is 0.356 e. The molecule has 19 heavy (non-hydrogen) atoms. The predicted octanol–water partition coefficient (Wildman–Crippen LogP) is 3.08. The molecule has 0 bridgehead atoms. The zero-order valence-electron chi connectivity index (χ0n) is 12.9. The van der Waals surface area contributed by atoms with Crippen molar-refractivity contribution in [1.82, 2.24) is 10.3 Å². The van der Waals surface area contributed by atoms with E-state index in [0.29, 0.717) is 6.04 Å². The zero-order valence-corrected chi connectivity index (χ0v) is 13.7. The van der Waals surface area contributed by atoms with Crippen molar-refractivity contribution in [2.24, 2.45) is 0 Å². The van der Waals surface area contributed by atoms with E-state index < -0.39 is 0 Å². The van der Waals surface area contributed by atoms with Gasteiger partial charge in [-0.05, 0) is 50.8 Å². The molecule has 1 heterocycles. The highest BCUT2D eigenvalue weighted by Gasteiger charge is 2.11. The van der Waals surface area contributed by atoms with Gasteiger partial charge in [0.1, 0.15) is 5.82 Å². The third-order valence-corrected chi connectivity index (χ3v) is 4.00. The summed E-state index contributed by atoms with van der Waals surface area (Å²) in [5, 5.41) is 3.45. The molecule has 1 atom stereocenters. The number of anilines is 1. The summed E-state index contributed by atoms with van der Waals surface area (Å²) < 4.78 is 0. The first-order valence-corrected chi connectivity index (χ1v) is 8.38. The summed E-state index contributed by atoms with van der Waals surface area (Å²) in [5.74, 6) is 2.20. The van der Waals surface area contributed by atoms with Crippen molar-refractivity contribution in [3.63, 3.8) is 0 Å². The number of thioether (sulfide) groups is 1. The first kappa shape index (κ1) is 16.3. The minimum Gasteiger partial charge on any atom is -0.356 e. The van der Waals surface area contributed by atoms with Crippen LogP contribution in [0.3, 0.4) is 0 Å². The zero-order chi connectivity index (χ0) is 14.3. The molecule has 0 saturated heterocycles. The van der Waals surface area contributed by atoms with E-state index in [-0.39, 0.29) is 0 Å². The van der Waals surface area contributed by atoms with E-state index in [4.69, 9.17) is 0 Å². The summed E-state index contributed by atoms with van der Waals surface area (Å²) >= 11 is 1.88. The van der Waals surface area contributed by atoms with Crippen LogP contribution < -0.4 is 10.2 Å². The van der Waals surface area contributed by atoms with Crippen molar-refractivity contribution in [1.29, 1.82) is 0 Å². The Balaban J connectivity index is 2.77. The number of nitrogens with one attached hydrogen (secondary N) is 1. The highest BCUT2D eigenvalue weighted by atomic mass is 32.2. The molecule has 0 aliphatic carbocycles. The van der Waals surface area contributed by atoms with Crippen molar-refractivity contribution < 1.29 is 0 Å². The van der Waals surface area contributed by atoms with Gasteiger partial charge in [-0.15, -0.1) is 0 Å². The summed E-state index contributed by atoms with van der Waals surface area (Å²) in [6.45, 7) is 8.49. The van der Waals surface area contributed by atoms with Crippen LogP contribution in [0.25, 0.3) is 0 Å². The Labute approximate surface area is 122 Å². The first-order valence-electron chi connectivity index (χ1n) is 6.98. The van der Waals surface area contributed by atoms with Crippen LogP contribution in [-0.2, 0) is 6.54 Å². The van der Waals surface area contributed by atoms with Crippen molar-refractivity contribution >= 4 is 17.6 Å². The normalized spacial score (nSPS) is 12.5. The van der Waals surface area contributed by atoms with Crippen molar-refractivity contribution in [2.45, 2.75) is 39.8 Å². The first-order chi connectivity index (χ1) is 9.08. The molecule has 1 aromatic rings. The second-order valence-corrected chi connectivity index (χ2v) is 5.98. The van der Waals surface area contributed by atoms with Gasteiger partial charge in [0.05, 0.1) is 0 Å². The molecule has 108 valence electrons. The Bertz CT molecular complexity index is 382. The van der Waals surface area contributed by atoms with Crippen molar-refractivity contribution in [2.75, 3.05) is 30.5 Å². The third kappa shape index (κ3) is 5.41. The topological polar surface area (TPSA) is 28.2 Å². The van der Waals surface area contributed by atoms with E-state index in [0.717, 1.165) is 30.4 Å². The van der Waals surface area contributed by atoms with Gasteiger partial charge < -0.3 is 10.2 Å². The molecule has 0 aliphatic rings. The van der Waals surface area contributed by atoms with Crippen LogP contribution in [0.4, 0.5) is 5.82 Å². The lowest BCUT2D eigenvalue weighted by Gasteiger charge is -2.26. The van der Waals surface area contributed by atoms with Gasteiger partial charge >= 0.3 is 0 Å². The molecule has 0 spiro atoms. The molecular weight excluding hydrogens is 254 g/mol. The maximum atomic E-state index is 4.65. The molecule has 3 nitrogen and oxygen atoms in total. The smallest absolute Gasteiger partial charge is 0.129 e. The van der Waals surface area contributed by atoms with Crippen molar-refractivity contribution in [3.8, 4) is 0 Å². The number of aryl methyl sites for hydroxylation is 1. The molecule has 0 saturated carbocycles. The van der Waals surface area contributed by atoms with Crippen LogP contribution in [0.5, 0.6) is 0 Å². The lowest BCUT2D eigenvalue weighted by Crippen LogP contribution is -2.31. The molecule has 0 amide bonds. The second kappa shape index (κ2) is 8.43. The minimum atomic E-state index is 0.501. The molecule has 0 aliphatic heterocycles. The van der Waals surface area contributed by atoms with Gasteiger partial charge in [-0.25, -0.2) is 4.98 Å². The summed E-state index contributed by atoms with van der Waals surface area (Å²) in [5.41, 5.74) is 2.41. The number of nitrogens with zero attached hydrogens (tertiary/aromatic N) is 2. The second-order valence-electron chi connectivity index (χ2n) is 5.07. The highest BCUT2D eigenvalue weighted by Crippen LogP contribution is 2.17. The van der Waals surface area contributed by atoms with E-state index >= 15 is 0 Å². The van der Waals surface area contributed by atoms with Crippen LogP contribution in [0.2, 0.25) is 0 Å². The fourth-order valence-corrected chi connectivity index (χ4v) is 2.70. The van der Waals surface area contributed by atoms with E-state index in [1.54, 1.807) is 0 Å². The van der Waals surface area contributed by atoms with Crippen LogP contribution in [-0.4, -0.2) is 36.6 Å². The van der Waals surface area contributed by atoms with Crippen LogP contribution in [0.1, 0.15) is 31.5 Å². The lowest BCUT2D eigenvalue weighted by molar-refractivity contribution is 0.673. The van der Waals surface area contributed by atoms with Gasteiger partial charge in [-0.1, -0.05) is 6.92 Å². The van der Waals surface area contributed by atoms with Gasteiger partial charge in [0.2, 0.25) is 0 Å². The molecule has 0 fully saturated rings. The summed E-state index contributed by atoms with van der Waals surface area (Å²) in [4.78, 5) is 6.92. The fraction of sp³-hybridized carbons (Fsp3) is 0.667. The van der Waals surface area contributed by atoms with E-state index in [1.807, 2.05) is 11.8 Å². The number of rotatable bonds is 8. The maximum absolute atomic E-state index is 4.65. The summed E-state index contributed by atoms with van der Waals surface area (Å²) in [6.07, 6.45) is 3.32. The van der Waals surface area contributed by atoms with Crippen molar-refractivity contribution in [3.05, 3.63) is 23.4 Å². The number of hydrogen-bond acceptors (Lipinski definition) is 4. The molecule has 1 rings (SSSR count). The predicted molar refractivity (Wildman–Crippen MR) is 87.2 cm³/mol. The molecule has 1 unspecified atom stereocenters. The molecule has 1 aromatic heterocycles. The number of hydrogen-bond donors (Lipinski definition) is 1. The highest BCUT2D eigenvalue weighted by molar-refractivity contribution is 7.98. The standard InChI is InChI=1S/C15H27N3S/c1-6-7-16-10-14-8-12(2)17-15(9-14)18(4)13(3)11-19-5/h8-9,13,16H,6-7,10-11H2,1-5H3. The molecular formula is C15H27N3S. The van der Waals surface area contributed by atoms with E-state index in [2.05, 4.69) is 61.4 Å². The maximum Gasteiger partial charge on any atom is 0.129 e. The summed E-state index contributed by atoms with van der Waals surface area (Å²) in [6, 6.07) is 4.87. The lowest BCUT2D eigenvalue weighted by atomic mass is 10.2. The summed E-state index contributed by atoms with van der Waals surface area (Å²) in [7, 11) is 2.13. The minimum absolute atomic E-state index is 0.501. The Morgan fingerprint density at radius 2 is 2.16 bits per heavy atom. The average Bonchev–Trinajstić information content (AvgIpc) is 2.38. The quantitative estimate of drug-likeness (QED) is 0.741. The van der Waals surface area contributed by atoms with Gasteiger partial charge in [-0.2, -0.15) is 11.8 Å².